The molecule has 0 saturated carbocycles. The Morgan fingerprint density at radius 2 is 1.75 bits per heavy atom. The average Bonchev–Trinajstić information content (AvgIpc) is 3.32. The summed E-state index contributed by atoms with van der Waals surface area (Å²) < 4.78 is 43.2. The van der Waals surface area contributed by atoms with Crippen LogP contribution in [0.4, 0.5) is 13.2 Å². The van der Waals surface area contributed by atoms with Crippen LogP contribution in [0, 0.1) is 11.8 Å². The molecule has 0 aliphatic rings. The van der Waals surface area contributed by atoms with E-state index in [1.807, 2.05) is 35.2 Å². The molecule has 0 saturated heterocycles. The Balaban J connectivity index is 1.71. The highest BCUT2D eigenvalue weighted by Crippen LogP contribution is 2.33. The van der Waals surface area contributed by atoms with Gasteiger partial charge in [-0.15, -0.1) is 11.8 Å². The summed E-state index contributed by atoms with van der Waals surface area (Å²) in [4.78, 5) is 26.5. The molecule has 0 unspecified atom stereocenters. The molecule has 3 aromatic rings. The van der Waals surface area contributed by atoms with Crippen molar-refractivity contribution in [3.8, 4) is 11.8 Å². The number of furan rings is 1. The Hall–Kier alpha value is -3.48. The number of thioether (sulfide) groups is 1. The molecule has 188 valence electrons. The van der Waals surface area contributed by atoms with Crippen molar-refractivity contribution in [2.45, 2.75) is 42.8 Å². The zero-order chi connectivity index (χ0) is 26.3. The van der Waals surface area contributed by atoms with E-state index in [4.69, 9.17) is 4.42 Å². The van der Waals surface area contributed by atoms with E-state index in [9.17, 15) is 27.9 Å². The lowest BCUT2D eigenvalue weighted by atomic mass is 10.1. The van der Waals surface area contributed by atoms with Gasteiger partial charge in [-0.1, -0.05) is 30.2 Å². The molecule has 0 aliphatic heterocycles. The first kappa shape index (κ1) is 27.1. The monoisotopic (exact) mass is 515 g/mol. The second kappa shape index (κ2) is 11.5. The maximum Gasteiger partial charge on any atom is 0.416 e. The molecule has 0 spiro atoms. The molecule has 0 aliphatic carbocycles. The van der Waals surface area contributed by atoms with Crippen LogP contribution in [-0.4, -0.2) is 33.1 Å². The molecule has 2 aromatic carbocycles. The van der Waals surface area contributed by atoms with Crippen LogP contribution >= 0.6 is 11.8 Å². The quantitative estimate of drug-likeness (QED) is 0.160. The smallest absolute Gasteiger partial charge is 0.416 e. The topological polar surface area (TPSA) is 70.8 Å². The van der Waals surface area contributed by atoms with Crippen LogP contribution in [0.15, 0.2) is 76.2 Å². The molecule has 9 heteroatoms. The molecule has 0 radical (unpaired) electrons. The van der Waals surface area contributed by atoms with Crippen LogP contribution in [0.3, 0.4) is 0 Å². The van der Waals surface area contributed by atoms with E-state index in [1.54, 1.807) is 26.2 Å². The number of carboxylic acid groups (broad SMARTS) is 1. The lowest BCUT2D eigenvalue weighted by Crippen LogP contribution is -2.26. The first-order chi connectivity index (χ1) is 16.9. The lowest BCUT2D eigenvalue weighted by Gasteiger charge is -2.20. The summed E-state index contributed by atoms with van der Waals surface area (Å²) in [6.45, 7) is 4.31. The largest absolute Gasteiger partial charge is 0.480 e. The normalized spacial score (nSPS) is 11.7. The van der Waals surface area contributed by atoms with Gasteiger partial charge in [0.15, 0.2) is 0 Å². The van der Waals surface area contributed by atoms with E-state index in [1.165, 1.54) is 23.9 Å². The van der Waals surface area contributed by atoms with Gasteiger partial charge >= 0.3 is 12.1 Å². The summed E-state index contributed by atoms with van der Waals surface area (Å²) in [5.41, 5.74) is -0.0831. The maximum atomic E-state index is 12.9. The fraction of sp³-hybridized carbons (Fsp3) is 0.259. The van der Waals surface area contributed by atoms with E-state index < -0.39 is 28.2 Å². The van der Waals surface area contributed by atoms with Gasteiger partial charge in [-0.05, 0) is 61.7 Å². The highest BCUT2D eigenvalue weighted by molar-refractivity contribution is 8.01. The number of nitrogens with zero attached hydrogens (tertiary/aromatic N) is 1. The fourth-order valence-corrected chi connectivity index (χ4v) is 4.14. The summed E-state index contributed by atoms with van der Waals surface area (Å²) in [6.07, 6.45) is -2.99. The summed E-state index contributed by atoms with van der Waals surface area (Å²) >= 11 is 1.24. The maximum absolute atomic E-state index is 12.9. The Labute approximate surface area is 211 Å². The Bertz CT molecular complexity index is 1260. The van der Waals surface area contributed by atoms with Crippen molar-refractivity contribution in [2.75, 3.05) is 6.54 Å². The van der Waals surface area contributed by atoms with Gasteiger partial charge in [0.05, 0.1) is 24.9 Å². The summed E-state index contributed by atoms with van der Waals surface area (Å²) in [5, 5.41) is 9.32. The van der Waals surface area contributed by atoms with Crippen molar-refractivity contribution in [1.29, 1.82) is 0 Å². The van der Waals surface area contributed by atoms with Crippen LogP contribution in [0.5, 0.6) is 0 Å². The van der Waals surface area contributed by atoms with Crippen LogP contribution in [0.2, 0.25) is 0 Å². The molecule has 36 heavy (non-hydrogen) atoms. The van der Waals surface area contributed by atoms with Gasteiger partial charge in [0.25, 0.3) is 0 Å². The zero-order valence-electron chi connectivity index (χ0n) is 19.6. The van der Waals surface area contributed by atoms with Crippen molar-refractivity contribution in [2.24, 2.45) is 0 Å². The van der Waals surface area contributed by atoms with Crippen LogP contribution in [0.25, 0.3) is 0 Å². The number of hydrogen-bond donors (Lipinski definition) is 1. The van der Waals surface area contributed by atoms with Crippen LogP contribution in [-0.2, 0) is 24.1 Å². The first-order valence-electron chi connectivity index (χ1n) is 10.9. The number of alkyl halides is 3. The molecule has 0 fully saturated rings. The Kier molecular flexibility index (Phi) is 8.66. The van der Waals surface area contributed by atoms with Crippen molar-refractivity contribution >= 4 is 23.5 Å². The van der Waals surface area contributed by atoms with Gasteiger partial charge < -0.3 is 9.52 Å². The van der Waals surface area contributed by atoms with Crippen LogP contribution < -0.4 is 0 Å². The summed E-state index contributed by atoms with van der Waals surface area (Å²) in [7, 11) is 0. The molecule has 1 aromatic heterocycles. The third kappa shape index (κ3) is 7.77. The van der Waals surface area contributed by atoms with E-state index in [-0.39, 0.29) is 12.1 Å². The molecule has 0 bridgehead atoms. The minimum atomic E-state index is -4.54. The Morgan fingerprint density at radius 3 is 2.36 bits per heavy atom. The highest BCUT2D eigenvalue weighted by Gasteiger charge is 2.31. The minimum absolute atomic E-state index is 0.118. The third-order valence-electron chi connectivity index (χ3n) is 5.13. The standard InChI is InChI=1S/C27H24F3NO4S/c1-26(2,25(33)34)36-23-12-10-19(11-13-23)17-31(18-22-8-5-15-35-22)14-4-9-24(32)20-6-3-7-21(16-20)27(28,29)30/h3,5-8,10-13,15-16H,14,17-18H2,1-2H3,(H,33,34). The van der Waals surface area contributed by atoms with Crippen molar-refractivity contribution in [1.82, 2.24) is 4.90 Å². The minimum Gasteiger partial charge on any atom is -0.480 e. The van der Waals surface area contributed by atoms with Gasteiger partial charge in [0.2, 0.25) is 5.78 Å². The third-order valence-corrected chi connectivity index (χ3v) is 6.33. The lowest BCUT2D eigenvalue weighted by molar-refractivity contribution is -0.139. The number of benzene rings is 2. The van der Waals surface area contributed by atoms with E-state index in [0.29, 0.717) is 18.8 Å². The molecular weight excluding hydrogens is 491 g/mol. The van der Waals surface area contributed by atoms with E-state index in [0.717, 1.165) is 22.6 Å². The number of Topliss-reactive ketones (excluding diaryl/α,β-unsaturated/α-hetero) is 1. The number of ketones is 1. The number of carbonyl (C=O) groups is 2. The molecule has 1 heterocycles. The number of hydrogen-bond acceptors (Lipinski definition) is 5. The predicted octanol–water partition coefficient (Wildman–Crippen LogP) is 6.14. The first-order valence-corrected chi connectivity index (χ1v) is 11.7. The Morgan fingerprint density at radius 1 is 1.03 bits per heavy atom. The van der Waals surface area contributed by atoms with Gasteiger partial charge in [-0.25, -0.2) is 0 Å². The summed E-state index contributed by atoms with van der Waals surface area (Å²) in [5.74, 6) is 4.29. The van der Waals surface area contributed by atoms with Crippen LogP contribution in [0.1, 0.15) is 41.1 Å². The second-order valence-corrected chi connectivity index (χ2v) is 10.2. The number of carbonyl (C=O) groups excluding carboxylic acids is 1. The highest BCUT2D eigenvalue weighted by atomic mass is 32.2. The molecule has 0 amide bonds. The molecule has 3 rings (SSSR count). The second-order valence-electron chi connectivity index (χ2n) is 8.50. The van der Waals surface area contributed by atoms with Gasteiger partial charge in [0.1, 0.15) is 10.5 Å². The van der Waals surface area contributed by atoms with Crippen molar-refractivity contribution in [3.63, 3.8) is 0 Å². The number of rotatable bonds is 9. The molecule has 0 atom stereocenters. The number of aliphatic carboxylic acids is 1. The van der Waals surface area contributed by atoms with E-state index in [2.05, 4.69) is 11.8 Å². The predicted molar refractivity (Wildman–Crippen MR) is 130 cm³/mol. The molecule has 5 nitrogen and oxygen atoms in total. The van der Waals surface area contributed by atoms with Gasteiger partial charge in [-0.2, -0.15) is 13.2 Å². The number of halogens is 3. The average molecular weight is 516 g/mol. The zero-order valence-corrected chi connectivity index (χ0v) is 20.4. The fourth-order valence-electron chi connectivity index (χ4n) is 3.19. The molecule has 1 N–H and O–H groups in total. The summed E-state index contributed by atoms with van der Waals surface area (Å²) in [6, 6.07) is 15.2. The van der Waals surface area contributed by atoms with E-state index >= 15 is 0 Å². The van der Waals surface area contributed by atoms with Gasteiger partial charge in [0, 0.05) is 17.0 Å². The SMILES string of the molecule is CC(C)(Sc1ccc(CN(CC#CC(=O)c2cccc(C(F)(F)F)c2)Cc2ccco2)cc1)C(=O)O. The van der Waals surface area contributed by atoms with Crippen molar-refractivity contribution < 1.29 is 32.3 Å². The molecular formula is C27H24F3NO4S. The van der Waals surface area contributed by atoms with Gasteiger partial charge in [-0.3, -0.25) is 14.5 Å². The number of carboxylic acids is 1. The van der Waals surface area contributed by atoms with Crippen molar-refractivity contribution in [3.05, 3.63) is 89.4 Å².